The van der Waals surface area contributed by atoms with Crippen molar-refractivity contribution in [3.63, 3.8) is 0 Å². The van der Waals surface area contributed by atoms with Crippen LogP contribution in [0.15, 0.2) is 46.9 Å². The normalized spacial score (nSPS) is 10.0. The summed E-state index contributed by atoms with van der Waals surface area (Å²) in [7, 11) is 1.53. The second-order valence-corrected chi connectivity index (χ2v) is 5.05. The third kappa shape index (κ3) is 3.95. The molecule has 110 valence electrons. The minimum atomic E-state index is -0.422. The maximum Gasteiger partial charge on any atom is 0.243 e. The molecule has 0 aliphatic rings. The first-order valence-corrected chi connectivity index (χ1v) is 7.02. The Labute approximate surface area is 130 Å². The van der Waals surface area contributed by atoms with Crippen molar-refractivity contribution < 1.29 is 13.9 Å². The lowest BCUT2D eigenvalue weighted by molar-refractivity contribution is -0.114. The molecule has 0 fully saturated rings. The molecule has 2 aromatic rings. The van der Waals surface area contributed by atoms with Crippen LogP contribution in [0, 0.1) is 5.82 Å². The van der Waals surface area contributed by atoms with E-state index >= 15 is 0 Å². The molecule has 0 saturated carbocycles. The molecular formula is C15H14BrFN2O2. The number of carbonyl (C=O) groups excluding carboxylic acids is 1. The number of methoxy groups -OCH3 is 1. The lowest BCUT2D eigenvalue weighted by Crippen LogP contribution is -2.22. The highest BCUT2D eigenvalue weighted by atomic mass is 79.9. The minimum Gasteiger partial charge on any atom is -0.495 e. The van der Waals surface area contributed by atoms with Crippen LogP contribution in [-0.4, -0.2) is 19.6 Å². The van der Waals surface area contributed by atoms with Gasteiger partial charge in [-0.3, -0.25) is 4.79 Å². The molecule has 0 spiro atoms. The van der Waals surface area contributed by atoms with Crippen LogP contribution < -0.4 is 15.4 Å². The quantitative estimate of drug-likeness (QED) is 0.863. The summed E-state index contributed by atoms with van der Waals surface area (Å²) in [4.78, 5) is 11.9. The molecule has 0 saturated heterocycles. The van der Waals surface area contributed by atoms with Gasteiger partial charge in [-0.2, -0.15) is 0 Å². The lowest BCUT2D eigenvalue weighted by atomic mass is 10.3. The van der Waals surface area contributed by atoms with Crippen molar-refractivity contribution in [1.29, 1.82) is 0 Å². The van der Waals surface area contributed by atoms with Crippen molar-refractivity contribution in [3.8, 4) is 5.75 Å². The third-order valence-electron chi connectivity index (χ3n) is 2.77. The monoisotopic (exact) mass is 352 g/mol. The van der Waals surface area contributed by atoms with Crippen LogP contribution in [0.5, 0.6) is 5.75 Å². The van der Waals surface area contributed by atoms with Crippen molar-refractivity contribution in [1.82, 2.24) is 0 Å². The van der Waals surface area contributed by atoms with Crippen molar-refractivity contribution in [2.45, 2.75) is 0 Å². The van der Waals surface area contributed by atoms with Gasteiger partial charge in [-0.1, -0.05) is 18.2 Å². The Balaban J connectivity index is 1.99. The van der Waals surface area contributed by atoms with Crippen LogP contribution in [-0.2, 0) is 4.79 Å². The Hall–Kier alpha value is -2.08. The molecule has 2 N–H and O–H groups in total. The first kappa shape index (κ1) is 15.3. The molecule has 0 aromatic heterocycles. The Morgan fingerprint density at radius 2 is 2.00 bits per heavy atom. The van der Waals surface area contributed by atoms with Gasteiger partial charge in [0.05, 0.1) is 25.0 Å². The number of para-hydroxylation sites is 3. The molecule has 0 heterocycles. The van der Waals surface area contributed by atoms with Gasteiger partial charge in [0.2, 0.25) is 5.91 Å². The second kappa shape index (κ2) is 7.08. The molecule has 0 bridgehead atoms. The summed E-state index contributed by atoms with van der Waals surface area (Å²) in [6.07, 6.45) is 0. The summed E-state index contributed by atoms with van der Waals surface area (Å²) in [6.45, 7) is -0.0580. The molecule has 0 aliphatic carbocycles. The van der Waals surface area contributed by atoms with Crippen LogP contribution in [0.2, 0.25) is 0 Å². The van der Waals surface area contributed by atoms with E-state index < -0.39 is 5.82 Å². The topological polar surface area (TPSA) is 50.4 Å². The maximum atomic E-state index is 13.6. The van der Waals surface area contributed by atoms with Gasteiger partial charge >= 0.3 is 0 Å². The largest absolute Gasteiger partial charge is 0.495 e. The van der Waals surface area contributed by atoms with E-state index in [2.05, 4.69) is 26.6 Å². The zero-order chi connectivity index (χ0) is 15.2. The number of carbonyl (C=O) groups is 1. The molecule has 0 aliphatic heterocycles. The van der Waals surface area contributed by atoms with E-state index in [9.17, 15) is 9.18 Å². The standard InChI is InChI=1S/C15H14BrFN2O2/c1-21-13-8-3-2-7-12(13)19-14(20)9-18-15-10(16)5-4-6-11(15)17/h2-8,18H,9H2,1H3,(H,19,20). The van der Waals surface area contributed by atoms with Crippen LogP contribution in [0.25, 0.3) is 0 Å². The zero-order valence-electron chi connectivity index (χ0n) is 11.3. The van der Waals surface area contributed by atoms with Gasteiger partial charge < -0.3 is 15.4 Å². The number of halogens is 2. The Kier molecular flexibility index (Phi) is 5.16. The highest BCUT2D eigenvalue weighted by Gasteiger charge is 2.10. The molecule has 2 aromatic carbocycles. The van der Waals surface area contributed by atoms with Crippen LogP contribution in [0.4, 0.5) is 15.8 Å². The molecule has 0 radical (unpaired) electrons. The Morgan fingerprint density at radius 3 is 2.71 bits per heavy atom. The molecule has 4 nitrogen and oxygen atoms in total. The minimum absolute atomic E-state index is 0.0580. The fourth-order valence-electron chi connectivity index (χ4n) is 1.78. The predicted octanol–water partition coefficient (Wildman–Crippen LogP) is 3.65. The van der Waals surface area contributed by atoms with Gasteiger partial charge in [0.15, 0.2) is 0 Å². The summed E-state index contributed by atoms with van der Waals surface area (Å²) in [5.74, 6) is -0.151. The number of amides is 1. The Morgan fingerprint density at radius 1 is 1.24 bits per heavy atom. The van der Waals surface area contributed by atoms with E-state index in [1.165, 1.54) is 13.2 Å². The number of rotatable bonds is 5. The molecule has 21 heavy (non-hydrogen) atoms. The summed E-state index contributed by atoms with van der Waals surface area (Å²) in [5.41, 5.74) is 0.826. The van der Waals surface area contributed by atoms with Gasteiger partial charge in [0, 0.05) is 4.47 Å². The van der Waals surface area contributed by atoms with Gasteiger partial charge in [0.25, 0.3) is 0 Å². The van der Waals surface area contributed by atoms with Crippen molar-refractivity contribution in [2.24, 2.45) is 0 Å². The van der Waals surface area contributed by atoms with E-state index in [4.69, 9.17) is 4.74 Å². The van der Waals surface area contributed by atoms with Crippen molar-refractivity contribution in [2.75, 3.05) is 24.3 Å². The average molecular weight is 353 g/mol. The van der Waals surface area contributed by atoms with E-state index in [-0.39, 0.29) is 18.1 Å². The van der Waals surface area contributed by atoms with Crippen LogP contribution in [0.1, 0.15) is 0 Å². The third-order valence-corrected chi connectivity index (χ3v) is 3.43. The number of anilines is 2. The van der Waals surface area contributed by atoms with E-state index in [1.807, 2.05) is 6.07 Å². The van der Waals surface area contributed by atoms with E-state index in [1.54, 1.807) is 30.3 Å². The number of ether oxygens (including phenoxy) is 1. The number of benzene rings is 2. The van der Waals surface area contributed by atoms with Crippen LogP contribution in [0.3, 0.4) is 0 Å². The van der Waals surface area contributed by atoms with E-state index in [0.717, 1.165) is 0 Å². The van der Waals surface area contributed by atoms with Crippen molar-refractivity contribution in [3.05, 3.63) is 52.8 Å². The smallest absolute Gasteiger partial charge is 0.243 e. The lowest BCUT2D eigenvalue weighted by Gasteiger charge is -2.12. The SMILES string of the molecule is COc1ccccc1NC(=O)CNc1c(F)cccc1Br. The Bertz CT molecular complexity index is 629. The molecule has 6 heteroatoms. The highest BCUT2D eigenvalue weighted by molar-refractivity contribution is 9.10. The number of nitrogens with one attached hydrogen (secondary N) is 2. The summed E-state index contributed by atoms with van der Waals surface area (Å²) >= 11 is 3.23. The maximum absolute atomic E-state index is 13.6. The van der Waals surface area contributed by atoms with Gasteiger partial charge in [-0.05, 0) is 40.2 Å². The summed E-state index contributed by atoms with van der Waals surface area (Å²) in [5, 5.41) is 5.47. The predicted molar refractivity (Wildman–Crippen MR) is 84.2 cm³/mol. The summed E-state index contributed by atoms with van der Waals surface area (Å²) in [6, 6.07) is 11.7. The first-order valence-electron chi connectivity index (χ1n) is 6.22. The van der Waals surface area contributed by atoms with Gasteiger partial charge in [-0.15, -0.1) is 0 Å². The van der Waals surface area contributed by atoms with Gasteiger partial charge in [-0.25, -0.2) is 4.39 Å². The molecule has 0 unspecified atom stereocenters. The molecule has 1 amide bonds. The summed E-state index contributed by atoms with van der Waals surface area (Å²) < 4.78 is 19.3. The van der Waals surface area contributed by atoms with Crippen molar-refractivity contribution >= 4 is 33.2 Å². The zero-order valence-corrected chi connectivity index (χ0v) is 12.9. The van der Waals surface area contributed by atoms with E-state index in [0.29, 0.717) is 15.9 Å². The average Bonchev–Trinajstić information content (AvgIpc) is 2.47. The molecule has 0 atom stereocenters. The number of hydrogen-bond donors (Lipinski definition) is 2. The molecular weight excluding hydrogens is 339 g/mol. The molecule has 2 rings (SSSR count). The fraction of sp³-hybridized carbons (Fsp3) is 0.133. The fourth-order valence-corrected chi connectivity index (χ4v) is 2.26. The van der Waals surface area contributed by atoms with Crippen LogP contribution >= 0.6 is 15.9 Å². The second-order valence-electron chi connectivity index (χ2n) is 4.20. The number of hydrogen-bond acceptors (Lipinski definition) is 3. The highest BCUT2D eigenvalue weighted by Crippen LogP contribution is 2.25. The van der Waals surface area contributed by atoms with Gasteiger partial charge in [0.1, 0.15) is 11.6 Å². The first-order chi connectivity index (χ1) is 10.1.